The number of rotatable bonds is 5. The van der Waals surface area contributed by atoms with E-state index >= 15 is 0 Å². The fourth-order valence-corrected chi connectivity index (χ4v) is 2.59. The Morgan fingerprint density at radius 2 is 2.21 bits per heavy atom. The standard InChI is InChI=1S/C13H21ClN4O/c1-10(8-18-5-3-2-4-6-18)7-15-12-11(14)13(19)17-9-16-12/h9-10H,2-8H2,1H3,(H2,15,16,17,19). The highest BCUT2D eigenvalue weighted by molar-refractivity contribution is 6.32. The normalized spacial score (nSPS) is 18.2. The first-order valence-corrected chi connectivity index (χ1v) is 7.24. The van der Waals surface area contributed by atoms with E-state index in [0.29, 0.717) is 11.7 Å². The Balaban J connectivity index is 1.81. The zero-order chi connectivity index (χ0) is 13.7. The average Bonchev–Trinajstić information content (AvgIpc) is 2.42. The van der Waals surface area contributed by atoms with Gasteiger partial charge in [0.05, 0.1) is 6.33 Å². The summed E-state index contributed by atoms with van der Waals surface area (Å²) in [5.74, 6) is 0.964. The third kappa shape index (κ3) is 4.21. The number of nitrogens with one attached hydrogen (secondary N) is 2. The molecule has 1 saturated heterocycles. The van der Waals surface area contributed by atoms with Crippen LogP contribution in [0.1, 0.15) is 26.2 Å². The van der Waals surface area contributed by atoms with Crippen molar-refractivity contribution in [2.24, 2.45) is 5.92 Å². The van der Waals surface area contributed by atoms with Gasteiger partial charge < -0.3 is 15.2 Å². The summed E-state index contributed by atoms with van der Waals surface area (Å²) in [5.41, 5.74) is -0.303. The molecule has 2 N–H and O–H groups in total. The monoisotopic (exact) mass is 284 g/mol. The molecule has 0 saturated carbocycles. The van der Waals surface area contributed by atoms with Gasteiger partial charge in [-0.05, 0) is 31.8 Å². The maximum atomic E-state index is 11.3. The highest BCUT2D eigenvalue weighted by Crippen LogP contribution is 2.14. The molecule has 1 aliphatic rings. The molecule has 106 valence electrons. The molecule has 1 aromatic rings. The van der Waals surface area contributed by atoms with E-state index in [4.69, 9.17) is 11.6 Å². The zero-order valence-electron chi connectivity index (χ0n) is 11.3. The van der Waals surface area contributed by atoms with Crippen LogP contribution in [0.25, 0.3) is 0 Å². The average molecular weight is 285 g/mol. The number of hydrogen-bond donors (Lipinski definition) is 2. The molecule has 2 heterocycles. The molecule has 0 radical (unpaired) electrons. The Labute approximate surface area is 118 Å². The number of H-pyrrole nitrogens is 1. The SMILES string of the molecule is CC(CNc1nc[nH]c(=O)c1Cl)CN1CCCCC1. The number of likely N-dealkylation sites (tertiary alicyclic amines) is 1. The van der Waals surface area contributed by atoms with Gasteiger partial charge in [0, 0.05) is 13.1 Å². The van der Waals surface area contributed by atoms with Gasteiger partial charge in [0.2, 0.25) is 0 Å². The van der Waals surface area contributed by atoms with Crippen LogP contribution in [0.2, 0.25) is 5.02 Å². The lowest BCUT2D eigenvalue weighted by molar-refractivity contribution is 0.204. The molecule has 0 amide bonds. The molecule has 1 unspecified atom stereocenters. The molecular formula is C13H21ClN4O. The lowest BCUT2D eigenvalue weighted by Gasteiger charge is -2.29. The van der Waals surface area contributed by atoms with E-state index in [0.717, 1.165) is 13.1 Å². The van der Waals surface area contributed by atoms with Crippen molar-refractivity contribution in [3.05, 3.63) is 21.7 Å². The van der Waals surface area contributed by atoms with Crippen molar-refractivity contribution in [1.82, 2.24) is 14.9 Å². The van der Waals surface area contributed by atoms with Crippen molar-refractivity contribution in [1.29, 1.82) is 0 Å². The van der Waals surface area contributed by atoms with E-state index in [1.54, 1.807) is 0 Å². The van der Waals surface area contributed by atoms with Crippen molar-refractivity contribution in [2.45, 2.75) is 26.2 Å². The second-order valence-corrected chi connectivity index (χ2v) is 5.62. The van der Waals surface area contributed by atoms with Gasteiger partial charge in [-0.25, -0.2) is 4.98 Å². The summed E-state index contributed by atoms with van der Waals surface area (Å²) in [6, 6.07) is 0. The molecular weight excluding hydrogens is 264 g/mol. The van der Waals surface area contributed by atoms with E-state index in [9.17, 15) is 4.79 Å². The summed E-state index contributed by atoms with van der Waals surface area (Å²) in [5, 5.41) is 3.29. The van der Waals surface area contributed by atoms with Crippen LogP contribution in [-0.4, -0.2) is 41.0 Å². The Hall–Kier alpha value is -1.07. The Morgan fingerprint density at radius 1 is 1.47 bits per heavy atom. The van der Waals surface area contributed by atoms with Crippen LogP contribution in [0.15, 0.2) is 11.1 Å². The summed E-state index contributed by atoms with van der Waals surface area (Å²) in [7, 11) is 0. The first-order valence-electron chi connectivity index (χ1n) is 6.86. The molecule has 0 bridgehead atoms. The lowest BCUT2D eigenvalue weighted by atomic mass is 10.1. The maximum Gasteiger partial charge on any atom is 0.271 e. The topological polar surface area (TPSA) is 61.0 Å². The largest absolute Gasteiger partial charge is 0.368 e. The first-order chi connectivity index (χ1) is 9.16. The number of piperidine rings is 1. The molecule has 6 heteroatoms. The number of aromatic nitrogens is 2. The van der Waals surface area contributed by atoms with Crippen molar-refractivity contribution < 1.29 is 0 Å². The number of hydrogen-bond acceptors (Lipinski definition) is 4. The van der Waals surface area contributed by atoms with E-state index in [1.807, 2.05) is 0 Å². The van der Waals surface area contributed by atoms with Crippen LogP contribution in [0.4, 0.5) is 5.82 Å². The highest BCUT2D eigenvalue weighted by atomic mass is 35.5. The summed E-state index contributed by atoms with van der Waals surface area (Å²) >= 11 is 5.89. The molecule has 1 aromatic heterocycles. The molecule has 5 nitrogen and oxygen atoms in total. The van der Waals surface area contributed by atoms with Gasteiger partial charge in [0.15, 0.2) is 5.82 Å². The Kier molecular flexibility index (Phi) is 5.22. The number of halogens is 1. The molecule has 0 aromatic carbocycles. The Morgan fingerprint density at radius 3 is 2.95 bits per heavy atom. The summed E-state index contributed by atoms with van der Waals surface area (Å²) in [6.07, 6.45) is 5.34. The van der Waals surface area contributed by atoms with Gasteiger partial charge in [-0.3, -0.25) is 4.79 Å². The molecule has 19 heavy (non-hydrogen) atoms. The Bertz CT molecular complexity index is 456. The second kappa shape index (κ2) is 6.91. The minimum atomic E-state index is -0.303. The lowest BCUT2D eigenvalue weighted by Crippen LogP contribution is -2.35. The quantitative estimate of drug-likeness (QED) is 0.868. The predicted octanol–water partition coefficient (Wildman–Crippen LogP) is 1.96. The maximum absolute atomic E-state index is 11.3. The van der Waals surface area contributed by atoms with Crippen molar-refractivity contribution >= 4 is 17.4 Å². The van der Waals surface area contributed by atoms with Gasteiger partial charge in [-0.2, -0.15) is 0 Å². The van der Waals surface area contributed by atoms with E-state index in [1.165, 1.54) is 38.7 Å². The van der Waals surface area contributed by atoms with E-state index in [2.05, 4.69) is 27.1 Å². The highest BCUT2D eigenvalue weighted by Gasteiger charge is 2.14. The predicted molar refractivity (Wildman–Crippen MR) is 77.8 cm³/mol. The van der Waals surface area contributed by atoms with E-state index < -0.39 is 0 Å². The third-order valence-corrected chi connectivity index (χ3v) is 3.78. The second-order valence-electron chi connectivity index (χ2n) is 5.24. The first kappa shape index (κ1) is 14.3. The van der Waals surface area contributed by atoms with Crippen LogP contribution < -0.4 is 10.9 Å². The van der Waals surface area contributed by atoms with Crippen LogP contribution in [0, 0.1) is 5.92 Å². The minimum absolute atomic E-state index is 0.132. The van der Waals surface area contributed by atoms with Gasteiger partial charge in [-0.15, -0.1) is 0 Å². The zero-order valence-corrected chi connectivity index (χ0v) is 12.0. The minimum Gasteiger partial charge on any atom is -0.368 e. The number of aromatic amines is 1. The fourth-order valence-electron chi connectivity index (χ4n) is 2.42. The van der Waals surface area contributed by atoms with Crippen LogP contribution in [0.3, 0.4) is 0 Å². The summed E-state index contributed by atoms with van der Waals surface area (Å²) < 4.78 is 0. The van der Waals surface area contributed by atoms with Crippen molar-refractivity contribution in [3.63, 3.8) is 0 Å². The summed E-state index contributed by atoms with van der Waals surface area (Å²) in [6.45, 7) is 6.45. The molecule has 1 atom stereocenters. The summed E-state index contributed by atoms with van der Waals surface area (Å²) in [4.78, 5) is 20.3. The van der Waals surface area contributed by atoms with Crippen LogP contribution in [0.5, 0.6) is 0 Å². The molecule has 1 aliphatic heterocycles. The van der Waals surface area contributed by atoms with Crippen molar-refractivity contribution in [2.75, 3.05) is 31.5 Å². The van der Waals surface area contributed by atoms with Gasteiger partial charge in [-0.1, -0.05) is 24.9 Å². The van der Waals surface area contributed by atoms with Gasteiger partial charge in [0.25, 0.3) is 5.56 Å². The smallest absolute Gasteiger partial charge is 0.271 e. The van der Waals surface area contributed by atoms with Crippen LogP contribution >= 0.6 is 11.6 Å². The van der Waals surface area contributed by atoms with Crippen molar-refractivity contribution in [3.8, 4) is 0 Å². The molecule has 1 fully saturated rings. The van der Waals surface area contributed by atoms with E-state index in [-0.39, 0.29) is 10.6 Å². The van der Waals surface area contributed by atoms with Gasteiger partial charge in [0.1, 0.15) is 5.02 Å². The third-order valence-electron chi connectivity index (χ3n) is 3.43. The molecule has 2 rings (SSSR count). The molecule has 0 spiro atoms. The number of anilines is 1. The van der Waals surface area contributed by atoms with Gasteiger partial charge >= 0.3 is 0 Å². The van der Waals surface area contributed by atoms with Crippen LogP contribution in [-0.2, 0) is 0 Å². The molecule has 0 aliphatic carbocycles. The fraction of sp³-hybridized carbons (Fsp3) is 0.692. The number of nitrogens with zero attached hydrogens (tertiary/aromatic N) is 2.